The Morgan fingerprint density at radius 1 is 0.886 bits per heavy atom. The highest BCUT2D eigenvalue weighted by Crippen LogP contribution is 2.19. The topological polar surface area (TPSA) is 236 Å². The van der Waals surface area contributed by atoms with Gasteiger partial charge in [-0.2, -0.15) is 0 Å². The average molecular weight is 606 g/mol. The number of nitrogens with zero attached hydrogens (tertiary/aromatic N) is 1. The summed E-state index contributed by atoms with van der Waals surface area (Å²) < 4.78 is 0. The highest BCUT2D eigenvalue weighted by atomic mass is 16.4. The lowest BCUT2D eigenvalue weighted by Gasteiger charge is -2.25. The number of aromatic amines is 2. The molecular weight excluding hydrogens is 570 g/mol. The lowest BCUT2D eigenvalue weighted by atomic mass is 10.0. The number of benzene rings is 2. The Morgan fingerprint density at radius 3 is 2.20 bits per heavy atom. The minimum atomic E-state index is -1.62. The van der Waals surface area contributed by atoms with Crippen LogP contribution >= 0.6 is 0 Å². The van der Waals surface area contributed by atoms with Crippen molar-refractivity contribution in [3.05, 3.63) is 84.1 Å². The number of aromatic hydroxyl groups is 1. The Balaban J connectivity index is 1.56. The van der Waals surface area contributed by atoms with Gasteiger partial charge in [-0.15, -0.1) is 0 Å². The van der Waals surface area contributed by atoms with E-state index in [1.54, 1.807) is 18.3 Å². The van der Waals surface area contributed by atoms with Gasteiger partial charge >= 0.3 is 5.97 Å². The molecule has 10 N–H and O–H groups in total. The molecule has 0 fully saturated rings. The second kappa shape index (κ2) is 14.3. The maximum absolute atomic E-state index is 13.7. The highest BCUT2D eigenvalue weighted by Gasteiger charge is 2.32. The molecule has 0 radical (unpaired) electrons. The highest BCUT2D eigenvalue weighted by molar-refractivity contribution is 5.95. The second-order valence-corrected chi connectivity index (χ2v) is 10.5. The fraction of sp³-hybridized carbons (Fsp3) is 0.300. The van der Waals surface area contributed by atoms with E-state index in [1.807, 2.05) is 24.3 Å². The van der Waals surface area contributed by atoms with Crippen LogP contribution in [0.1, 0.15) is 23.7 Å². The summed E-state index contributed by atoms with van der Waals surface area (Å²) in [4.78, 5) is 61.8. The van der Waals surface area contributed by atoms with Crippen LogP contribution in [0.2, 0.25) is 0 Å². The Hall–Kier alpha value is -5.21. The number of carboxylic acid groups (broad SMARTS) is 1. The molecule has 232 valence electrons. The number of rotatable bonds is 14. The third-order valence-electron chi connectivity index (χ3n) is 7.12. The third-order valence-corrected chi connectivity index (χ3v) is 7.12. The van der Waals surface area contributed by atoms with Gasteiger partial charge in [0.1, 0.15) is 17.8 Å². The number of fused-ring (bicyclic) bond motifs is 1. The summed E-state index contributed by atoms with van der Waals surface area (Å²) in [5, 5.41) is 37.4. The van der Waals surface area contributed by atoms with Gasteiger partial charge in [0, 0.05) is 41.8 Å². The number of aromatic nitrogens is 3. The molecule has 44 heavy (non-hydrogen) atoms. The second-order valence-electron chi connectivity index (χ2n) is 10.5. The lowest BCUT2D eigenvalue weighted by Crippen LogP contribution is -2.59. The van der Waals surface area contributed by atoms with Gasteiger partial charge in [0.15, 0.2) is 6.04 Å². The van der Waals surface area contributed by atoms with E-state index in [1.165, 1.54) is 31.6 Å². The molecule has 0 bridgehead atoms. The number of imidazole rings is 1. The predicted octanol–water partition coefficient (Wildman–Crippen LogP) is -0.128. The first-order valence-corrected chi connectivity index (χ1v) is 13.9. The first kappa shape index (κ1) is 31.7. The number of carbonyl (C=O) groups excluding carboxylic acids is 3. The van der Waals surface area contributed by atoms with Crippen LogP contribution in [0.5, 0.6) is 5.75 Å². The van der Waals surface area contributed by atoms with Crippen LogP contribution in [0.4, 0.5) is 0 Å². The minimum absolute atomic E-state index is 0.0175. The fourth-order valence-electron chi connectivity index (χ4n) is 4.73. The van der Waals surface area contributed by atoms with Gasteiger partial charge in [-0.1, -0.05) is 30.3 Å². The molecule has 5 unspecified atom stereocenters. The largest absolute Gasteiger partial charge is 0.508 e. The number of phenols is 1. The normalized spacial score (nSPS) is 14.6. The van der Waals surface area contributed by atoms with Gasteiger partial charge in [-0.05, 0) is 42.7 Å². The van der Waals surface area contributed by atoms with Crippen molar-refractivity contribution in [2.45, 2.75) is 56.5 Å². The molecule has 0 saturated carbocycles. The molecule has 14 nitrogen and oxygen atoms in total. The van der Waals surface area contributed by atoms with E-state index >= 15 is 0 Å². The molecule has 5 atom stereocenters. The van der Waals surface area contributed by atoms with E-state index in [0.29, 0.717) is 16.8 Å². The van der Waals surface area contributed by atoms with Crippen molar-refractivity contribution >= 4 is 34.6 Å². The molecule has 0 aliphatic rings. The average Bonchev–Trinajstić information content (AvgIpc) is 3.66. The summed E-state index contributed by atoms with van der Waals surface area (Å²) in [7, 11) is 0. The number of carbonyl (C=O) groups is 4. The number of hydrogen-bond donors (Lipinski definition) is 9. The van der Waals surface area contributed by atoms with Crippen molar-refractivity contribution in [2.75, 3.05) is 0 Å². The van der Waals surface area contributed by atoms with E-state index in [4.69, 9.17) is 5.73 Å². The zero-order valence-corrected chi connectivity index (χ0v) is 23.9. The molecule has 4 aromatic rings. The number of aliphatic carboxylic acids is 1. The van der Waals surface area contributed by atoms with Gasteiger partial charge in [-0.25, -0.2) is 9.78 Å². The van der Waals surface area contributed by atoms with Crippen LogP contribution in [-0.4, -0.2) is 84.2 Å². The maximum Gasteiger partial charge on any atom is 0.328 e. The molecule has 2 aromatic carbocycles. The van der Waals surface area contributed by atoms with Crippen LogP contribution in [0.3, 0.4) is 0 Å². The van der Waals surface area contributed by atoms with Crippen LogP contribution < -0.4 is 21.7 Å². The molecule has 0 spiro atoms. The fourth-order valence-corrected chi connectivity index (χ4v) is 4.73. The van der Waals surface area contributed by atoms with Crippen molar-refractivity contribution in [3.8, 4) is 5.75 Å². The molecule has 2 heterocycles. The number of para-hydroxylation sites is 1. The number of H-pyrrole nitrogens is 2. The predicted molar refractivity (Wildman–Crippen MR) is 159 cm³/mol. The van der Waals surface area contributed by atoms with E-state index in [0.717, 1.165) is 10.9 Å². The molecule has 0 aliphatic carbocycles. The van der Waals surface area contributed by atoms with E-state index in [9.17, 15) is 34.5 Å². The van der Waals surface area contributed by atoms with Gasteiger partial charge in [0.25, 0.3) is 0 Å². The van der Waals surface area contributed by atoms with E-state index in [-0.39, 0.29) is 25.0 Å². The standard InChI is InChI=1S/C30H35N7O7/c1-16(38)26(30(43)44)37-29(42)24(11-18-13-33-23-5-3-2-4-21(18)23)36-28(41)25(12-19-14-32-15-34-19)35-27(40)22(31)10-17-6-8-20(39)9-7-17/h2-9,13-16,22,24-26,33,38-39H,10-12,31H2,1H3,(H,32,34)(H,35,40)(H,36,41)(H,37,42)(H,43,44). The molecule has 4 rings (SSSR count). The number of nitrogens with one attached hydrogen (secondary N) is 5. The number of amides is 3. The van der Waals surface area contributed by atoms with Crippen molar-refractivity contribution < 1.29 is 34.5 Å². The zero-order chi connectivity index (χ0) is 31.8. The van der Waals surface area contributed by atoms with Crippen LogP contribution in [-0.2, 0) is 38.4 Å². The van der Waals surface area contributed by atoms with E-state index in [2.05, 4.69) is 30.9 Å². The Labute approximate surface area is 252 Å². The summed E-state index contributed by atoms with van der Waals surface area (Å²) in [5.74, 6) is -3.58. The van der Waals surface area contributed by atoms with Crippen molar-refractivity contribution in [2.24, 2.45) is 5.73 Å². The van der Waals surface area contributed by atoms with Gasteiger partial charge in [-0.3, -0.25) is 14.4 Å². The molecule has 14 heteroatoms. The molecule has 0 saturated heterocycles. The summed E-state index contributed by atoms with van der Waals surface area (Å²) in [6, 6.07) is 8.40. The summed E-state index contributed by atoms with van der Waals surface area (Å²) >= 11 is 0. The Morgan fingerprint density at radius 2 is 1.55 bits per heavy atom. The lowest BCUT2D eigenvalue weighted by molar-refractivity contribution is -0.145. The quantitative estimate of drug-likeness (QED) is 0.0929. The number of carboxylic acids is 1. The summed E-state index contributed by atoms with van der Waals surface area (Å²) in [6.45, 7) is 1.23. The maximum atomic E-state index is 13.7. The van der Waals surface area contributed by atoms with Gasteiger partial charge in [0.2, 0.25) is 17.7 Å². The minimum Gasteiger partial charge on any atom is -0.508 e. The van der Waals surface area contributed by atoms with E-state index < -0.39 is 54.0 Å². The number of hydrogen-bond acceptors (Lipinski definition) is 8. The Kier molecular flexibility index (Phi) is 10.3. The first-order valence-electron chi connectivity index (χ1n) is 13.9. The first-order chi connectivity index (χ1) is 21.0. The molecular formula is C30H35N7O7. The SMILES string of the molecule is CC(O)C(NC(=O)C(Cc1c[nH]c2ccccc12)NC(=O)C(Cc1cnc[nH]1)NC(=O)C(N)Cc1ccc(O)cc1)C(=O)O. The van der Waals surface area contributed by atoms with Crippen molar-refractivity contribution in [1.29, 1.82) is 0 Å². The molecule has 3 amide bonds. The zero-order valence-electron chi connectivity index (χ0n) is 23.9. The van der Waals surface area contributed by atoms with Gasteiger partial charge < -0.3 is 47.0 Å². The smallest absolute Gasteiger partial charge is 0.328 e. The number of aliphatic hydroxyl groups is 1. The van der Waals surface area contributed by atoms with Crippen molar-refractivity contribution in [3.63, 3.8) is 0 Å². The molecule has 2 aromatic heterocycles. The third kappa shape index (κ3) is 8.20. The molecule has 0 aliphatic heterocycles. The number of phenolic OH excluding ortho intramolecular Hbond substituents is 1. The van der Waals surface area contributed by atoms with Gasteiger partial charge in [0.05, 0.1) is 18.5 Å². The van der Waals surface area contributed by atoms with Crippen LogP contribution in [0, 0.1) is 0 Å². The monoisotopic (exact) mass is 605 g/mol. The summed E-state index contributed by atoms with van der Waals surface area (Å²) in [5.41, 5.74) is 8.83. The number of aliphatic hydroxyl groups excluding tert-OH is 1. The van der Waals surface area contributed by atoms with Crippen LogP contribution in [0.15, 0.2) is 67.3 Å². The Bertz CT molecular complexity index is 1580. The van der Waals surface area contributed by atoms with Crippen LogP contribution in [0.25, 0.3) is 10.9 Å². The summed E-state index contributed by atoms with van der Waals surface area (Å²) in [6.07, 6.45) is 3.26. The van der Waals surface area contributed by atoms with Crippen molar-refractivity contribution in [1.82, 2.24) is 30.9 Å². The number of nitrogens with two attached hydrogens (primary N) is 1.